The highest BCUT2D eigenvalue weighted by Crippen LogP contribution is 2.11. The Bertz CT molecular complexity index is 515. The number of imidazole rings is 1. The zero-order valence-corrected chi connectivity index (χ0v) is 10.3. The van der Waals surface area contributed by atoms with Crippen LogP contribution in [-0.2, 0) is 13.1 Å². The van der Waals surface area contributed by atoms with Crippen LogP contribution in [0, 0.1) is 0 Å². The molecule has 1 amide bonds. The lowest BCUT2D eigenvalue weighted by Crippen LogP contribution is -2.25. The van der Waals surface area contributed by atoms with Gasteiger partial charge in [0.15, 0.2) is 0 Å². The van der Waals surface area contributed by atoms with E-state index in [4.69, 9.17) is 5.73 Å². The van der Waals surface area contributed by atoms with Crippen molar-refractivity contribution in [2.24, 2.45) is 0 Å². The molecule has 0 radical (unpaired) electrons. The molecule has 2 rings (SSSR count). The molecule has 0 saturated carbocycles. The summed E-state index contributed by atoms with van der Waals surface area (Å²) in [6, 6.07) is 1.69. The van der Waals surface area contributed by atoms with Gasteiger partial charge in [-0.3, -0.25) is 4.79 Å². The molecule has 0 fully saturated rings. The highest BCUT2D eigenvalue weighted by molar-refractivity contribution is 5.93. The van der Waals surface area contributed by atoms with Crippen molar-refractivity contribution in [2.75, 3.05) is 5.73 Å². The molecule has 0 saturated heterocycles. The van der Waals surface area contributed by atoms with Crippen LogP contribution >= 0.6 is 0 Å². The number of aromatic nitrogens is 3. The molecule has 0 atom stereocenters. The van der Waals surface area contributed by atoms with Crippen LogP contribution in [0.25, 0.3) is 0 Å². The molecule has 6 nitrogen and oxygen atoms in total. The molecule has 18 heavy (non-hydrogen) atoms. The van der Waals surface area contributed by atoms with E-state index < -0.39 is 0 Å². The number of aromatic amines is 1. The first-order valence-corrected chi connectivity index (χ1v) is 5.91. The van der Waals surface area contributed by atoms with Crippen LogP contribution in [0.1, 0.15) is 29.5 Å². The smallest absolute Gasteiger partial charge is 0.268 e. The van der Waals surface area contributed by atoms with E-state index in [0.717, 1.165) is 18.7 Å². The average molecular weight is 247 g/mol. The highest BCUT2D eigenvalue weighted by Gasteiger charge is 2.12. The summed E-state index contributed by atoms with van der Waals surface area (Å²) in [5.74, 6) is -0.130. The third kappa shape index (κ3) is 2.71. The summed E-state index contributed by atoms with van der Waals surface area (Å²) in [5, 5.41) is 2.83. The van der Waals surface area contributed by atoms with E-state index in [2.05, 4.69) is 22.2 Å². The second kappa shape index (κ2) is 5.39. The van der Waals surface area contributed by atoms with E-state index in [1.165, 1.54) is 0 Å². The lowest BCUT2D eigenvalue weighted by Gasteiger charge is -2.07. The summed E-state index contributed by atoms with van der Waals surface area (Å²) in [7, 11) is 0. The number of carbonyl (C=O) groups is 1. The van der Waals surface area contributed by atoms with Gasteiger partial charge in [-0.15, -0.1) is 0 Å². The lowest BCUT2D eigenvalue weighted by atomic mass is 10.3. The highest BCUT2D eigenvalue weighted by atomic mass is 16.1. The number of aryl methyl sites for hydroxylation is 1. The van der Waals surface area contributed by atoms with Crippen molar-refractivity contribution in [2.45, 2.75) is 26.4 Å². The number of H-pyrrole nitrogens is 1. The standard InChI is InChI=1S/C12H17N5O/c1-2-3-17-7-9(13)4-11(17)12(18)15-6-10-5-14-8-16-10/h4-5,7-8H,2-3,6,13H2,1H3,(H,14,16)(H,15,18). The molecule has 96 valence electrons. The fourth-order valence-electron chi connectivity index (χ4n) is 1.80. The molecule has 2 heterocycles. The quantitative estimate of drug-likeness (QED) is 0.740. The van der Waals surface area contributed by atoms with Gasteiger partial charge < -0.3 is 20.6 Å². The van der Waals surface area contributed by atoms with Crippen LogP contribution in [0.3, 0.4) is 0 Å². The molecule has 0 unspecified atom stereocenters. The maximum atomic E-state index is 12.0. The summed E-state index contributed by atoms with van der Waals surface area (Å²) in [5.41, 5.74) is 7.79. The summed E-state index contributed by atoms with van der Waals surface area (Å²) in [6.07, 6.45) is 6.00. The number of nitrogens with zero attached hydrogens (tertiary/aromatic N) is 2. The minimum atomic E-state index is -0.130. The molecule has 2 aromatic heterocycles. The van der Waals surface area contributed by atoms with Crippen LogP contribution in [0.4, 0.5) is 5.69 Å². The molecular weight excluding hydrogens is 230 g/mol. The first-order valence-electron chi connectivity index (χ1n) is 5.91. The van der Waals surface area contributed by atoms with Gasteiger partial charge in [0, 0.05) is 18.9 Å². The number of amides is 1. The van der Waals surface area contributed by atoms with E-state index in [0.29, 0.717) is 17.9 Å². The van der Waals surface area contributed by atoms with Crippen molar-refractivity contribution in [3.05, 3.63) is 36.2 Å². The Morgan fingerprint density at radius 3 is 3.11 bits per heavy atom. The lowest BCUT2D eigenvalue weighted by molar-refractivity contribution is 0.0941. The van der Waals surface area contributed by atoms with Gasteiger partial charge in [-0.25, -0.2) is 4.98 Å². The summed E-state index contributed by atoms with van der Waals surface area (Å²) < 4.78 is 1.87. The Balaban J connectivity index is 2.03. The predicted octanol–water partition coefficient (Wildman–Crippen LogP) is 1.13. The third-order valence-electron chi connectivity index (χ3n) is 2.61. The molecule has 0 aliphatic heterocycles. The molecule has 0 aromatic carbocycles. The second-order valence-corrected chi connectivity index (χ2v) is 4.11. The zero-order valence-electron chi connectivity index (χ0n) is 10.3. The van der Waals surface area contributed by atoms with E-state index in [1.54, 1.807) is 24.8 Å². The molecule has 4 N–H and O–H groups in total. The maximum Gasteiger partial charge on any atom is 0.268 e. The van der Waals surface area contributed by atoms with Crippen LogP contribution in [0.2, 0.25) is 0 Å². The van der Waals surface area contributed by atoms with Gasteiger partial charge in [-0.1, -0.05) is 6.92 Å². The van der Waals surface area contributed by atoms with Crippen LogP contribution in [0.15, 0.2) is 24.8 Å². The van der Waals surface area contributed by atoms with Crippen LogP contribution in [-0.4, -0.2) is 20.4 Å². The number of nitrogen functional groups attached to an aromatic ring is 1. The molecule has 6 heteroatoms. The van der Waals surface area contributed by atoms with Gasteiger partial charge >= 0.3 is 0 Å². The summed E-state index contributed by atoms with van der Waals surface area (Å²) in [4.78, 5) is 18.9. The second-order valence-electron chi connectivity index (χ2n) is 4.11. The van der Waals surface area contributed by atoms with Crippen molar-refractivity contribution in [1.29, 1.82) is 0 Å². The van der Waals surface area contributed by atoms with E-state index in [1.807, 2.05) is 4.57 Å². The first-order chi connectivity index (χ1) is 8.70. The van der Waals surface area contributed by atoms with Crippen molar-refractivity contribution in [3.8, 4) is 0 Å². The van der Waals surface area contributed by atoms with Gasteiger partial charge in [-0.2, -0.15) is 0 Å². The zero-order chi connectivity index (χ0) is 13.0. The molecule has 0 spiro atoms. The monoisotopic (exact) mass is 247 g/mol. The number of nitrogens with one attached hydrogen (secondary N) is 2. The minimum Gasteiger partial charge on any atom is -0.397 e. The van der Waals surface area contributed by atoms with Gasteiger partial charge in [0.2, 0.25) is 0 Å². The third-order valence-corrected chi connectivity index (χ3v) is 2.61. The van der Waals surface area contributed by atoms with E-state index >= 15 is 0 Å². The van der Waals surface area contributed by atoms with Crippen LogP contribution < -0.4 is 11.1 Å². The van der Waals surface area contributed by atoms with Crippen molar-refractivity contribution >= 4 is 11.6 Å². The van der Waals surface area contributed by atoms with Gasteiger partial charge in [0.05, 0.1) is 24.3 Å². The fourth-order valence-corrected chi connectivity index (χ4v) is 1.80. The molecule has 0 aliphatic carbocycles. The maximum absolute atomic E-state index is 12.0. The number of anilines is 1. The van der Waals surface area contributed by atoms with Crippen molar-refractivity contribution in [1.82, 2.24) is 19.9 Å². The normalized spacial score (nSPS) is 10.5. The average Bonchev–Trinajstić information content (AvgIpc) is 2.96. The molecular formula is C12H17N5O. The van der Waals surface area contributed by atoms with E-state index in [9.17, 15) is 4.79 Å². The Labute approximate surface area is 105 Å². The largest absolute Gasteiger partial charge is 0.397 e. The first kappa shape index (κ1) is 12.2. The topological polar surface area (TPSA) is 88.7 Å². The van der Waals surface area contributed by atoms with Gasteiger partial charge in [0.25, 0.3) is 5.91 Å². The SMILES string of the molecule is CCCn1cc(N)cc1C(=O)NCc1cnc[nH]1. The minimum absolute atomic E-state index is 0.130. The number of nitrogens with two attached hydrogens (primary N) is 1. The molecule has 0 aliphatic rings. The Kier molecular flexibility index (Phi) is 3.66. The van der Waals surface area contributed by atoms with Crippen molar-refractivity contribution in [3.63, 3.8) is 0 Å². The van der Waals surface area contributed by atoms with E-state index in [-0.39, 0.29) is 5.91 Å². The van der Waals surface area contributed by atoms with Crippen LogP contribution in [0.5, 0.6) is 0 Å². The Hall–Kier alpha value is -2.24. The Morgan fingerprint density at radius 1 is 1.61 bits per heavy atom. The summed E-state index contributed by atoms with van der Waals surface area (Å²) in [6.45, 7) is 3.27. The summed E-state index contributed by atoms with van der Waals surface area (Å²) >= 11 is 0. The predicted molar refractivity (Wildman–Crippen MR) is 68.9 cm³/mol. The number of hydrogen-bond donors (Lipinski definition) is 3. The van der Waals surface area contributed by atoms with Gasteiger partial charge in [0.1, 0.15) is 5.69 Å². The van der Waals surface area contributed by atoms with Crippen molar-refractivity contribution < 1.29 is 4.79 Å². The number of carbonyl (C=O) groups excluding carboxylic acids is 1. The molecule has 0 bridgehead atoms. The Morgan fingerprint density at radius 2 is 2.44 bits per heavy atom. The van der Waals surface area contributed by atoms with Gasteiger partial charge in [-0.05, 0) is 12.5 Å². The fraction of sp³-hybridized carbons (Fsp3) is 0.333. The number of hydrogen-bond acceptors (Lipinski definition) is 3. The number of rotatable bonds is 5. The molecule has 2 aromatic rings.